The molecule has 450 valence electrons. The number of aryl methyl sites for hydroxylation is 2. The standard InChI is InChI=1S/C67H69NO17S/c1-5-57(69)79-48-23-27-50(28-24-48)81-64(73)46-19-15-42(16-20-46)62(71)77-36-40-7-11-44(12-8-40)66(75)84-53-31-32-54(60-59(53)68-61(86-60)56-35-52-39(4)33-38(3)34-55(52)83-56)85-67(76)45-13-9-41(10-14-45)37-78-63(72)43-17-21-47(22-18-43)65(74)82-51-29-25-49(26-30-51)80-58(70)6-2/h5-6,23-35,40-47H,1-2,7-22,36-37H2,3-4H3. The zero-order valence-electron chi connectivity index (χ0n) is 48.2. The lowest BCUT2D eigenvalue weighted by Crippen LogP contribution is -2.31. The van der Waals surface area contributed by atoms with Crippen molar-refractivity contribution in [2.75, 3.05) is 13.2 Å². The van der Waals surface area contributed by atoms with Crippen LogP contribution < -0.4 is 28.4 Å². The third kappa shape index (κ3) is 15.1. The van der Waals surface area contributed by atoms with Crippen molar-refractivity contribution < 1.29 is 80.7 Å². The lowest BCUT2D eigenvalue weighted by molar-refractivity contribution is -0.154. The molecule has 19 heteroatoms. The molecule has 2 aromatic heterocycles. The average molecular weight is 1190 g/mol. The molecular weight excluding hydrogens is 1120 g/mol. The van der Waals surface area contributed by atoms with Gasteiger partial charge in [0.25, 0.3) is 0 Å². The summed E-state index contributed by atoms with van der Waals surface area (Å²) in [7, 11) is 0. The van der Waals surface area contributed by atoms with Crippen LogP contribution in [0, 0.1) is 61.2 Å². The second kappa shape index (κ2) is 27.7. The van der Waals surface area contributed by atoms with Crippen molar-refractivity contribution in [2.45, 2.75) is 117 Å². The van der Waals surface area contributed by atoms with E-state index in [4.69, 9.17) is 47.3 Å². The molecule has 4 aliphatic rings. The molecule has 4 fully saturated rings. The Bertz CT molecular complexity index is 3320. The van der Waals surface area contributed by atoms with Crippen molar-refractivity contribution in [1.82, 2.24) is 4.98 Å². The second-order valence-corrected chi connectivity index (χ2v) is 24.0. The summed E-state index contributed by atoms with van der Waals surface area (Å²) in [5.74, 6) is -2.98. The van der Waals surface area contributed by atoms with E-state index in [2.05, 4.69) is 19.2 Å². The Balaban J connectivity index is 0.685. The van der Waals surface area contributed by atoms with E-state index in [9.17, 15) is 38.4 Å². The number of thiazole rings is 1. The number of aromatic nitrogens is 1. The summed E-state index contributed by atoms with van der Waals surface area (Å²) >= 11 is 1.28. The molecule has 4 aliphatic carbocycles. The van der Waals surface area contributed by atoms with Crippen molar-refractivity contribution in [3.63, 3.8) is 0 Å². The number of hydrogen-bond acceptors (Lipinski definition) is 19. The lowest BCUT2D eigenvalue weighted by Gasteiger charge is -2.29. The third-order valence-electron chi connectivity index (χ3n) is 17.0. The maximum absolute atomic E-state index is 13.9. The number of hydrogen-bond donors (Lipinski definition) is 0. The summed E-state index contributed by atoms with van der Waals surface area (Å²) in [6, 6.07) is 21.5. The first-order chi connectivity index (χ1) is 41.5. The first kappa shape index (κ1) is 60.7. The van der Waals surface area contributed by atoms with Crippen LogP contribution in [-0.2, 0) is 47.8 Å². The van der Waals surface area contributed by atoms with Gasteiger partial charge in [-0.1, -0.05) is 19.2 Å². The van der Waals surface area contributed by atoms with Crippen molar-refractivity contribution in [2.24, 2.45) is 47.3 Å². The van der Waals surface area contributed by atoms with Crippen molar-refractivity contribution in [3.8, 4) is 45.3 Å². The van der Waals surface area contributed by atoms with Crippen LogP contribution in [0.1, 0.15) is 114 Å². The minimum absolute atomic E-state index is 0.0768. The Kier molecular flexibility index (Phi) is 19.6. The Labute approximate surface area is 501 Å². The van der Waals surface area contributed by atoms with Crippen molar-refractivity contribution >= 4 is 80.3 Å². The number of nitrogens with zero attached hydrogens (tertiary/aromatic N) is 1. The van der Waals surface area contributed by atoms with Crippen LogP contribution >= 0.6 is 11.3 Å². The highest BCUT2D eigenvalue weighted by atomic mass is 32.1. The maximum atomic E-state index is 13.9. The van der Waals surface area contributed by atoms with E-state index in [1.165, 1.54) is 35.6 Å². The molecule has 2 heterocycles. The molecule has 0 amide bonds. The monoisotopic (exact) mass is 1190 g/mol. The smallest absolute Gasteiger partial charge is 0.335 e. The molecule has 0 aliphatic heterocycles. The average Bonchev–Trinajstić information content (AvgIpc) is 2.03. The van der Waals surface area contributed by atoms with E-state index >= 15 is 0 Å². The predicted octanol–water partition coefficient (Wildman–Crippen LogP) is 12.8. The predicted molar refractivity (Wildman–Crippen MR) is 315 cm³/mol. The Hall–Kier alpha value is -8.45. The summed E-state index contributed by atoms with van der Waals surface area (Å²) in [5, 5.41) is 1.46. The number of fused-ring (bicyclic) bond motifs is 2. The van der Waals surface area contributed by atoms with Crippen LogP contribution in [0.4, 0.5) is 0 Å². The van der Waals surface area contributed by atoms with Crippen molar-refractivity contribution in [1.29, 1.82) is 0 Å². The van der Waals surface area contributed by atoms with Gasteiger partial charge in [0.1, 0.15) is 38.8 Å². The van der Waals surface area contributed by atoms with Crippen LogP contribution in [0.2, 0.25) is 0 Å². The number of ether oxygens (including phenoxy) is 8. The minimum Gasteiger partial charge on any atom is -0.465 e. The van der Waals surface area contributed by atoms with Crippen LogP contribution in [0.15, 0.2) is 109 Å². The summed E-state index contributed by atoms with van der Waals surface area (Å²) in [6.07, 6.45) is 10.9. The van der Waals surface area contributed by atoms with Gasteiger partial charge < -0.3 is 42.3 Å². The molecule has 86 heavy (non-hydrogen) atoms. The number of furan rings is 1. The molecule has 0 radical (unpaired) electrons. The molecule has 18 nitrogen and oxygen atoms in total. The summed E-state index contributed by atoms with van der Waals surface area (Å²) in [5.41, 5.74) is 3.18. The normalized spacial score (nSPS) is 22.1. The highest BCUT2D eigenvalue weighted by Gasteiger charge is 2.36. The van der Waals surface area contributed by atoms with Gasteiger partial charge in [-0.05, 0) is 212 Å². The highest BCUT2D eigenvalue weighted by molar-refractivity contribution is 7.22. The molecule has 0 N–H and O–H groups in total. The number of carbonyl (C=O) groups is 8. The van der Waals surface area contributed by atoms with Gasteiger partial charge in [0.15, 0.2) is 22.3 Å². The lowest BCUT2D eigenvalue weighted by atomic mass is 9.81. The first-order valence-corrected chi connectivity index (χ1v) is 30.4. The van der Waals surface area contributed by atoms with Gasteiger partial charge in [-0.3, -0.25) is 28.8 Å². The Morgan fingerprint density at radius 2 is 0.849 bits per heavy atom. The number of benzene rings is 4. The minimum atomic E-state index is -0.594. The van der Waals surface area contributed by atoms with E-state index in [1.54, 1.807) is 36.4 Å². The van der Waals surface area contributed by atoms with Gasteiger partial charge >= 0.3 is 47.8 Å². The van der Waals surface area contributed by atoms with Crippen LogP contribution in [0.3, 0.4) is 0 Å². The molecular formula is C67H69NO17S. The van der Waals surface area contributed by atoms with E-state index < -0.39 is 23.8 Å². The summed E-state index contributed by atoms with van der Waals surface area (Å²) in [4.78, 5) is 108. The first-order valence-electron chi connectivity index (χ1n) is 29.6. The second-order valence-electron chi connectivity index (χ2n) is 23.0. The zero-order valence-corrected chi connectivity index (χ0v) is 49.0. The molecule has 4 saturated carbocycles. The van der Waals surface area contributed by atoms with Crippen LogP contribution in [0.5, 0.6) is 34.5 Å². The Morgan fingerprint density at radius 1 is 0.477 bits per heavy atom. The molecule has 0 bridgehead atoms. The van der Waals surface area contributed by atoms with Crippen LogP contribution in [-0.4, -0.2) is 66.0 Å². The van der Waals surface area contributed by atoms with E-state index in [-0.39, 0.29) is 96.0 Å². The van der Waals surface area contributed by atoms with Gasteiger partial charge in [-0.15, -0.1) is 11.3 Å². The van der Waals surface area contributed by atoms with E-state index in [0.717, 1.165) is 28.7 Å². The molecule has 0 atom stereocenters. The summed E-state index contributed by atoms with van der Waals surface area (Å²) in [6.45, 7) is 11.3. The van der Waals surface area contributed by atoms with Gasteiger partial charge in [0, 0.05) is 17.5 Å². The maximum Gasteiger partial charge on any atom is 0.335 e. The number of esters is 8. The molecule has 4 aromatic carbocycles. The fourth-order valence-corrected chi connectivity index (χ4v) is 13.0. The van der Waals surface area contributed by atoms with E-state index in [0.29, 0.717) is 152 Å². The number of rotatable bonds is 19. The molecule has 0 saturated heterocycles. The SMILES string of the molecule is C=CC(=O)Oc1ccc(OC(=O)C2CCC(C(=O)OCC3CCC(C(=O)Oc4ccc(OC(=O)C5CCC(COC(=O)C6CCC(C(=O)Oc7ccc(OC(=O)C=C)cc7)CC6)CC5)c5sc(-c6cc7c(C)cc(C)cc7o6)nc45)CC3)CC2)cc1. The fraction of sp³-hybridized carbons (Fsp3) is 0.418. The number of carbonyl (C=O) groups excluding carboxylic acids is 8. The largest absolute Gasteiger partial charge is 0.465 e. The zero-order chi connectivity index (χ0) is 60.4. The van der Waals surface area contributed by atoms with Gasteiger partial charge in [0.05, 0.1) is 48.7 Å². The highest BCUT2D eigenvalue weighted by Crippen LogP contribution is 2.44. The fourth-order valence-electron chi connectivity index (χ4n) is 12.0. The van der Waals surface area contributed by atoms with Gasteiger partial charge in [-0.2, -0.15) is 0 Å². The quantitative estimate of drug-likeness (QED) is 0.0416. The van der Waals surface area contributed by atoms with Gasteiger partial charge in [0.2, 0.25) is 0 Å². The Morgan fingerprint density at radius 3 is 1.28 bits per heavy atom. The van der Waals surface area contributed by atoms with Crippen molar-refractivity contribution in [3.05, 3.63) is 115 Å². The molecule has 10 rings (SSSR count). The molecule has 6 aromatic rings. The topological polar surface area (TPSA) is 236 Å². The molecule has 0 unspecified atom stereocenters. The van der Waals surface area contributed by atoms with Crippen LogP contribution in [0.25, 0.3) is 32.0 Å². The van der Waals surface area contributed by atoms with E-state index in [1.807, 2.05) is 26.0 Å². The summed E-state index contributed by atoms with van der Waals surface area (Å²) < 4.78 is 52.1. The third-order valence-corrected chi connectivity index (χ3v) is 18.1. The van der Waals surface area contributed by atoms with Gasteiger partial charge in [-0.25, -0.2) is 14.6 Å². The molecule has 0 spiro atoms.